The van der Waals surface area contributed by atoms with Crippen molar-refractivity contribution in [1.82, 2.24) is 18.7 Å². The van der Waals surface area contributed by atoms with E-state index in [1.54, 1.807) is 0 Å². The van der Waals surface area contributed by atoms with Crippen LogP contribution in [0.25, 0.3) is 214 Å². The first kappa shape index (κ1) is 68.9. The van der Waals surface area contributed by atoms with E-state index in [9.17, 15) is 0 Å². The van der Waals surface area contributed by atoms with Gasteiger partial charge in [-0.15, -0.1) is 0 Å². The van der Waals surface area contributed by atoms with E-state index in [0.29, 0.717) is 0 Å². The number of hydrogen-bond donors (Lipinski definition) is 1. The van der Waals surface area contributed by atoms with Gasteiger partial charge in [0.2, 0.25) is 0 Å². The molecule has 0 radical (unpaired) electrons. The van der Waals surface area contributed by atoms with Crippen LogP contribution in [-0.2, 0) is 0 Å². The van der Waals surface area contributed by atoms with Crippen molar-refractivity contribution in [2.24, 2.45) is 0 Å². The summed E-state index contributed by atoms with van der Waals surface area (Å²) >= 11 is 3.58. The minimum atomic E-state index is 1.11. The zero-order chi connectivity index (χ0) is 77.4. The van der Waals surface area contributed by atoms with Gasteiger partial charge in [-0.1, -0.05) is 331 Å². The zero-order valence-electron chi connectivity index (χ0n) is 63.8. The lowest BCUT2D eigenvalue weighted by molar-refractivity contribution is 1.13. The van der Waals surface area contributed by atoms with Gasteiger partial charge in [0.25, 0.3) is 0 Å². The highest BCUT2D eigenvalue weighted by molar-refractivity contribution is 9.10. The molecule has 0 aliphatic rings. The van der Waals surface area contributed by atoms with Crippen LogP contribution in [-0.4, -0.2) is 18.7 Å². The maximum absolute atomic E-state index is 3.65. The highest BCUT2D eigenvalue weighted by Gasteiger charge is 2.21. The lowest BCUT2D eigenvalue weighted by Crippen LogP contribution is -1.96. The van der Waals surface area contributed by atoms with E-state index in [-0.39, 0.29) is 0 Å². The maximum atomic E-state index is 3.65. The van der Waals surface area contributed by atoms with Crippen LogP contribution in [0.1, 0.15) is 0 Å². The predicted octanol–water partition coefficient (Wildman–Crippen LogP) is 31.4. The van der Waals surface area contributed by atoms with Gasteiger partial charge in [0, 0.05) is 71.8 Å². The number of nitrogens with one attached hydrogen (secondary N) is 1. The molecule has 0 amide bonds. The fraction of sp³-hybridized carbons (Fsp3) is 0. The number of aromatic nitrogens is 4. The molecule has 24 rings (SSSR count). The Bertz CT molecular complexity index is 7820. The SMILES string of the molecule is Brc1cccc(-c2ccc3c4ccccc4c4ccccc4c3c2)c1.c1ccc(-c2cc(-c3ccccc3)cc(-n3ccc4c3ccc3c5ccccc5n(-c5cccc(-c6ccc7c8ccccc8c8ccccc8c7c6)c5)c34)c2)cc1.c1ccc(-c2cc(-c3ccccc3)cc(-n3ccc4c5[nH]c6ccccc6c5ccc43)c2)cc1. The molecule has 548 valence electrons. The first-order valence-corrected chi connectivity index (χ1v) is 40.8. The fourth-order valence-electron chi connectivity index (χ4n) is 18.3. The molecule has 117 heavy (non-hydrogen) atoms. The highest BCUT2D eigenvalue weighted by Crippen LogP contribution is 2.44. The van der Waals surface area contributed by atoms with Crippen LogP contribution >= 0.6 is 15.9 Å². The van der Waals surface area contributed by atoms with Crippen molar-refractivity contribution < 1.29 is 0 Å². The molecule has 0 aliphatic carbocycles. The third-order valence-electron chi connectivity index (χ3n) is 23.8. The Kier molecular flexibility index (Phi) is 17.0. The summed E-state index contributed by atoms with van der Waals surface area (Å²) in [7, 11) is 0. The second-order valence-corrected chi connectivity index (χ2v) is 31.4. The maximum Gasteiger partial charge on any atom is 0.0635 e. The van der Waals surface area contributed by atoms with E-state index in [0.717, 1.165) is 21.5 Å². The summed E-state index contributed by atoms with van der Waals surface area (Å²) < 4.78 is 8.24. The average Bonchev–Trinajstić information content (AvgIpc) is 1.60. The van der Waals surface area contributed by atoms with Crippen LogP contribution < -0.4 is 0 Å². The van der Waals surface area contributed by atoms with Crippen molar-refractivity contribution in [3.8, 4) is 83.8 Å². The number of halogens is 1. The summed E-state index contributed by atoms with van der Waals surface area (Å²) in [5.41, 5.74) is 25.1. The predicted molar refractivity (Wildman–Crippen MR) is 502 cm³/mol. The number of benzene rings is 20. The summed E-state index contributed by atoms with van der Waals surface area (Å²) in [6.45, 7) is 0. The quantitative estimate of drug-likeness (QED) is 0.140. The monoisotopic (exact) mass is 1550 g/mol. The Labute approximate surface area is 685 Å². The minimum Gasteiger partial charge on any atom is -0.354 e. The first-order valence-electron chi connectivity index (χ1n) is 40.0. The highest BCUT2D eigenvalue weighted by atomic mass is 79.9. The van der Waals surface area contributed by atoms with E-state index in [1.165, 1.54) is 197 Å². The molecule has 5 heteroatoms. The third-order valence-corrected chi connectivity index (χ3v) is 24.2. The van der Waals surface area contributed by atoms with E-state index in [2.05, 4.69) is 472 Å². The molecule has 4 nitrogen and oxygen atoms in total. The normalized spacial score (nSPS) is 11.6. The molecule has 0 atom stereocenters. The molecule has 0 unspecified atom stereocenters. The Morgan fingerprint density at radius 3 is 0.991 bits per heavy atom. The lowest BCUT2D eigenvalue weighted by Gasteiger charge is -2.14. The Balaban J connectivity index is 0.000000118. The van der Waals surface area contributed by atoms with Gasteiger partial charge >= 0.3 is 0 Å². The Hall–Kier alpha value is -14.9. The van der Waals surface area contributed by atoms with E-state index >= 15 is 0 Å². The van der Waals surface area contributed by atoms with E-state index < -0.39 is 0 Å². The molecule has 4 aromatic heterocycles. The molecule has 4 heterocycles. The average molecular weight is 1550 g/mol. The van der Waals surface area contributed by atoms with E-state index in [4.69, 9.17) is 0 Å². The van der Waals surface area contributed by atoms with Crippen LogP contribution in [0.15, 0.2) is 442 Å². The molecule has 20 aromatic carbocycles. The van der Waals surface area contributed by atoms with Crippen molar-refractivity contribution in [2.75, 3.05) is 0 Å². The molecule has 0 saturated heterocycles. The summed E-state index contributed by atoms with van der Waals surface area (Å²) in [5, 5.41) is 23.1. The van der Waals surface area contributed by atoms with Crippen molar-refractivity contribution in [3.63, 3.8) is 0 Å². The lowest BCUT2D eigenvalue weighted by atomic mass is 9.92. The number of para-hydroxylation sites is 2. The number of fused-ring (bicyclic) bond motifs is 22. The van der Waals surface area contributed by atoms with Crippen LogP contribution in [0, 0.1) is 0 Å². The number of hydrogen-bond acceptors (Lipinski definition) is 0. The number of rotatable bonds is 9. The van der Waals surface area contributed by atoms with Crippen LogP contribution in [0.3, 0.4) is 0 Å². The molecule has 1 N–H and O–H groups in total. The van der Waals surface area contributed by atoms with Crippen molar-refractivity contribution in [1.29, 1.82) is 0 Å². The third kappa shape index (κ3) is 12.2. The molecule has 0 spiro atoms. The van der Waals surface area contributed by atoms with Crippen LogP contribution in [0.2, 0.25) is 0 Å². The van der Waals surface area contributed by atoms with Gasteiger partial charge in [0.05, 0.1) is 27.6 Å². The fourth-order valence-corrected chi connectivity index (χ4v) is 18.7. The summed E-state index contributed by atoms with van der Waals surface area (Å²) in [5.74, 6) is 0. The van der Waals surface area contributed by atoms with Crippen molar-refractivity contribution >= 4 is 146 Å². The molecule has 0 bridgehead atoms. The van der Waals surface area contributed by atoms with Crippen molar-refractivity contribution in [2.45, 2.75) is 0 Å². The summed E-state index contributed by atoms with van der Waals surface area (Å²) in [6.07, 6.45) is 4.43. The largest absolute Gasteiger partial charge is 0.354 e. The van der Waals surface area contributed by atoms with Gasteiger partial charge < -0.3 is 18.7 Å². The van der Waals surface area contributed by atoms with Crippen molar-refractivity contribution in [3.05, 3.63) is 442 Å². The Morgan fingerprint density at radius 2 is 0.521 bits per heavy atom. The van der Waals surface area contributed by atoms with Gasteiger partial charge in [-0.3, -0.25) is 0 Å². The molecular formula is C112H73BrN4. The van der Waals surface area contributed by atoms with Crippen LogP contribution in [0.5, 0.6) is 0 Å². The topological polar surface area (TPSA) is 30.6 Å². The van der Waals surface area contributed by atoms with Gasteiger partial charge in [-0.05, 0) is 241 Å². The Morgan fingerprint density at radius 1 is 0.179 bits per heavy atom. The minimum absolute atomic E-state index is 1.11. The zero-order valence-corrected chi connectivity index (χ0v) is 65.4. The molecule has 0 aliphatic heterocycles. The smallest absolute Gasteiger partial charge is 0.0635 e. The first-order chi connectivity index (χ1) is 57.9. The van der Waals surface area contributed by atoms with Gasteiger partial charge in [-0.25, -0.2) is 0 Å². The van der Waals surface area contributed by atoms with Gasteiger partial charge in [0.1, 0.15) is 0 Å². The second-order valence-electron chi connectivity index (χ2n) is 30.5. The van der Waals surface area contributed by atoms with Gasteiger partial charge in [-0.2, -0.15) is 0 Å². The standard InChI is InChI=1S/C56H36N2.C32H22N2.C24H15Br/c1-3-14-37(15-4-1)41-32-42(38-16-5-2-6-17-38)35-44(34-41)57-31-30-52-54(57)29-28-51-50-24-11-12-25-55(50)58(56(51)52)43-19-13-18-39(33-43)40-26-27-49-47-22-8-7-20-45(47)46-21-9-10-23-48(46)53(49)36-40;1-3-9-22(10-4-1)24-19-25(23-11-5-2-6-12-23)21-26(20-24)34-18-17-29-31(34)16-15-28-27-13-7-8-14-30(27)33-32(28)29;25-18-7-5-6-16(14-18)17-12-13-23-21-10-2-1-8-19(21)20-9-3-4-11-22(20)24(23)15-17/h1-36H;1-21,33H;1-15H. The number of nitrogens with zero attached hydrogens (tertiary/aromatic N) is 3. The van der Waals surface area contributed by atoms with E-state index in [1.807, 2.05) is 0 Å². The molecule has 0 fully saturated rings. The second kappa shape index (κ2) is 28.9. The number of aromatic amines is 1. The molecular weight excluding hydrogens is 1480 g/mol. The molecule has 0 saturated carbocycles. The van der Waals surface area contributed by atoms with Crippen LogP contribution in [0.4, 0.5) is 0 Å². The number of H-pyrrole nitrogens is 1. The summed E-state index contributed by atoms with van der Waals surface area (Å²) in [6, 6.07) is 154. The summed E-state index contributed by atoms with van der Waals surface area (Å²) in [4.78, 5) is 3.65. The van der Waals surface area contributed by atoms with Gasteiger partial charge in [0.15, 0.2) is 0 Å². The molecule has 24 aromatic rings.